The average Bonchev–Trinajstić information content (AvgIpc) is 3.04. The van der Waals surface area contributed by atoms with Crippen LogP contribution in [0.4, 0.5) is 10.1 Å². The summed E-state index contributed by atoms with van der Waals surface area (Å²) in [5, 5.41) is 6.98. The van der Waals surface area contributed by atoms with E-state index in [-0.39, 0.29) is 11.7 Å². The monoisotopic (exact) mass is 325 g/mol. The van der Waals surface area contributed by atoms with Gasteiger partial charge in [-0.3, -0.25) is 9.48 Å². The van der Waals surface area contributed by atoms with Gasteiger partial charge in [-0.2, -0.15) is 5.10 Å². The van der Waals surface area contributed by atoms with Gasteiger partial charge in [-0.15, -0.1) is 0 Å². The summed E-state index contributed by atoms with van der Waals surface area (Å²) in [6, 6.07) is 13.1. The van der Waals surface area contributed by atoms with Crippen molar-refractivity contribution in [2.24, 2.45) is 0 Å². The van der Waals surface area contributed by atoms with Crippen LogP contribution < -0.4 is 10.1 Å². The number of nitrogens with one attached hydrogen (secondary N) is 1. The van der Waals surface area contributed by atoms with E-state index in [1.165, 1.54) is 12.1 Å². The number of hydrogen-bond acceptors (Lipinski definition) is 3. The molecule has 24 heavy (non-hydrogen) atoms. The van der Waals surface area contributed by atoms with E-state index in [1.807, 2.05) is 0 Å². The highest BCUT2D eigenvalue weighted by molar-refractivity contribution is 6.04. The quantitative estimate of drug-likeness (QED) is 0.783. The lowest BCUT2D eigenvalue weighted by Gasteiger charge is -2.05. The second-order valence-corrected chi connectivity index (χ2v) is 5.24. The first kappa shape index (κ1) is 15.7. The maximum atomic E-state index is 12.9. The van der Waals surface area contributed by atoms with Crippen molar-refractivity contribution in [3.63, 3.8) is 0 Å². The molecule has 0 fully saturated rings. The highest BCUT2D eigenvalue weighted by Gasteiger charge is 2.08. The van der Waals surface area contributed by atoms with Crippen LogP contribution in [0.5, 0.6) is 5.75 Å². The fourth-order valence-corrected chi connectivity index (χ4v) is 2.26. The number of halogens is 1. The zero-order valence-electron chi connectivity index (χ0n) is 13.1. The maximum absolute atomic E-state index is 12.9. The van der Waals surface area contributed by atoms with Gasteiger partial charge in [0, 0.05) is 11.8 Å². The molecule has 3 rings (SSSR count). The van der Waals surface area contributed by atoms with Crippen molar-refractivity contribution >= 4 is 11.6 Å². The smallest absolute Gasteiger partial charge is 0.255 e. The van der Waals surface area contributed by atoms with Gasteiger partial charge >= 0.3 is 0 Å². The summed E-state index contributed by atoms with van der Waals surface area (Å²) in [6.07, 6.45) is 3.29. The van der Waals surface area contributed by atoms with Crippen LogP contribution in [-0.2, 0) is 6.54 Å². The second-order valence-electron chi connectivity index (χ2n) is 5.24. The molecule has 1 amide bonds. The van der Waals surface area contributed by atoms with Crippen molar-refractivity contribution in [2.75, 3.05) is 12.4 Å². The highest BCUT2D eigenvalue weighted by atomic mass is 19.1. The first-order valence-corrected chi connectivity index (χ1v) is 7.36. The van der Waals surface area contributed by atoms with E-state index in [9.17, 15) is 9.18 Å². The van der Waals surface area contributed by atoms with Crippen molar-refractivity contribution in [3.05, 3.63) is 77.9 Å². The third-order valence-electron chi connectivity index (χ3n) is 3.48. The Morgan fingerprint density at radius 3 is 2.79 bits per heavy atom. The molecule has 0 saturated carbocycles. The zero-order valence-corrected chi connectivity index (χ0v) is 13.1. The van der Waals surface area contributed by atoms with Crippen LogP contribution in [-0.4, -0.2) is 22.8 Å². The maximum Gasteiger partial charge on any atom is 0.255 e. The molecule has 1 N–H and O–H groups in total. The van der Waals surface area contributed by atoms with E-state index in [4.69, 9.17) is 4.74 Å². The number of hydrogen-bond donors (Lipinski definition) is 1. The summed E-state index contributed by atoms with van der Waals surface area (Å²) < 4.78 is 19.7. The zero-order chi connectivity index (χ0) is 16.9. The summed E-state index contributed by atoms with van der Waals surface area (Å²) in [6.45, 7) is 0.495. The normalized spacial score (nSPS) is 10.4. The largest absolute Gasteiger partial charge is 0.497 e. The number of benzene rings is 2. The van der Waals surface area contributed by atoms with E-state index in [0.29, 0.717) is 23.5 Å². The third-order valence-corrected chi connectivity index (χ3v) is 3.48. The van der Waals surface area contributed by atoms with Crippen molar-refractivity contribution in [1.82, 2.24) is 9.78 Å². The summed E-state index contributed by atoms with van der Waals surface area (Å²) in [4.78, 5) is 12.2. The number of methoxy groups -OCH3 is 1. The van der Waals surface area contributed by atoms with Gasteiger partial charge in [-0.1, -0.05) is 18.2 Å². The van der Waals surface area contributed by atoms with Gasteiger partial charge in [-0.25, -0.2) is 4.39 Å². The molecule has 0 unspecified atom stereocenters. The third kappa shape index (κ3) is 3.78. The van der Waals surface area contributed by atoms with Crippen LogP contribution in [0.25, 0.3) is 0 Å². The number of carbonyl (C=O) groups excluding carboxylic acids is 1. The molecule has 0 aliphatic rings. The van der Waals surface area contributed by atoms with Gasteiger partial charge in [0.25, 0.3) is 5.91 Å². The van der Waals surface area contributed by atoms with E-state index in [2.05, 4.69) is 10.4 Å². The molecule has 0 saturated heterocycles. The Balaban J connectivity index is 1.67. The molecule has 2 aromatic carbocycles. The van der Waals surface area contributed by atoms with Crippen LogP contribution in [0, 0.1) is 5.82 Å². The highest BCUT2D eigenvalue weighted by Crippen LogP contribution is 2.15. The van der Waals surface area contributed by atoms with Crippen LogP contribution in [0.2, 0.25) is 0 Å². The van der Waals surface area contributed by atoms with Crippen LogP contribution in [0.3, 0.4) is 0 Å². The van der Waals surface area contributed by atoms with Crippen LogP contribution in [0.1, 0.15) is 15.9 Å². The number of amides is 1. The van der Waals surface area contributed by atoms with Crippen molar-refractivity contribution in [1.29, 1.82) is 0 Å². The average molecular weight is 325 g/mol. The lowest BCUT2D eigenvalue weighted by Crippen LogP contribution is -2.11. The second kappa shape index (κ2) is 6.95. The molecule has 0 aliphatic heterocycles. The van der Waals surface area contributed by atoms with Gasteiger partial charge in [0.1, 0.15) is 11.6 Å². The van der Waals surface area contributed by atoms with Crippen molar-refractivity contribution < 1.29 is 13.9 Å². The molecule has 0 bridgehead atoms. The molecule has 1 aromatic heterocycles. The van der Waals surface area contributed by atoms with E-state index in [1.54, 1.807) is 60.6 Å². The topological polar surface area (TPSA) is 56.1 Å². The van der Waals surface area contributed by atoms with Crippen LogP contribution in [0.15, 0.2) is 60.9 Å². The summed E-state index contributed by atoms with van der Waals surface area (Å²) in [5.41, 5.74) is 2.01. The van der Waals surface area contributed by atoms with Crippen molar-refractivity contribution in [2.45, 2.75) is 6.54 Å². The lowest BCUT2D eigenvalue weighted by molar-refractivity contribution is 0.102. The molecular weight excluding hydrogens is 309 g/mol. The number of carbonyl (C=O) groups is 1. The van der Waals surface area contributed by atoms with E-state index in [0.717, 1.165) is 5.56 Å². The Morgan fingerprint density at radius 2 is 2.04 bits per heavy atom. The molecule has 0 spiro atoms. The lowest BCUT2D eigenvalue weighted by atomic mass is 10.2. The Morgan fingerprint density at radius 1 is 1.25 bits per heavy atom. The Hall–Kier alpha value is -3.15. The molecule has 0 aliphatic carbocycles. The number of anilines is 1. The molecule has 0 atom stereocenters. The number of aromatic nitrogens is 2. The minimum absolute atomic E-state index is 0.241. The van der Waals surface area contributed by atoms with Gasteiger partial charge in [0.15, 0.2) is 0 Å². The van der Waals surface area contributed by atoms with E-state index < -0.39 is 0 Å². The number of ether oxygens (including phenoxy) is 1. The van der Waals surface area contributed by atoms with Crippen LogP contribution >= 0.6 is 0 Å². The summed E-state index contributed by atoms with van der Waals surface area (Å²) in [7, 11) is 1.55. The molecule has 5 nitrogen and oxygen atoms in total. The molecule has 0 radical (unpaired) electrons. The van der Waals surface area contributed by atoms with Gasteiger partial charge in [0.2, 0.25) is 0 Å². The Bertz CT molecular complexity index is 843. The van der Waals surface area contributed by atoms with Gasteiger partial charge < -0.3 is 10.1 Å². The Kier molecular flexibility index (Phi) is 4.56. The van der Waals surface area contributed by atoms with E-state index >= 15 is 0 Å². The fraction of sp³-hybridized carbons (Fsp3) is 0.111. The number of nitrogens with zero attached hydrogens (tertiary/aromatic N) is 2. The molecule has 122 valence electrons. The Labute approximate surface area is 138 Å². The number of rotatable bonds is 5. The minimum atomic E-state index is -0.273. The SMILES string of the molecule is COc1cccc(C(=O)Nc2cnn(Cc3ccc(F)cc3)c2)c1. The first-order valence-electron chi connectivity index (χ1n) is 7.36. The predicted molar refractivity (Wildman–Crippen MR) is 88.7 cm³/mol. The summed E-state index contributed by atoms with van der Waals surface area (Å²) in [5.74, 6) is 0.107. The predicted octanol–water partition coefficient (Wildman–Crippen LogP) is 3.33. The van der Waals surface area contributed by atoms with Gasteiger partial charge in [-0.05, 0) is 35.9 Å². The summed E-state index contributed by atoms with van der Waals surface area (Å²) >= 11 is 0. The van der Waals surface area contributed by atoms with Gasteiger partial charge in [0.05, 0.1) is 25.5 Å². The molecular formula is C18H16FN3O2. The standard InChI is InChI=1S/C18H16FN3O2/c1-24-17-4-2-3-14(9-17)18(23)21-16-10-20-22(12-16)11-13-5-7-15(19)8-6-13/h2-10,12H,11H2,1H3,(H,21,23). The first-order chi connectivity index (χ1) is 11.6. The molecule has 1 heterocycles. The van der Waals surface area contributed by atoms with Crippen molar-refractivity contribution in [3.8, 4) is 5.75 Å². The minimum Gasteiger partial charge on any atom is -0.497 e. The molecule has 3 aromatic rings. The fourth-order valence-electron chi connectivity index (χ4n) is 2.26. The molecule has 6 heteroatoms.